The lowest BCUT2D eigenvalue weighted by Crippen LogP contribution is -2.39. The first-order valence-electron chi connectivity index (χ1n) is 7.78. The van der Waals surface area contributed by atoms with Crippen LogP contribution in [-0.4, -0.2) is 28.1 Å². The molecule has 0 heterocycles. The van der Waals surface area contributed by atoms with Crippen LogP contribution in [0.4, 0.5) is 0 Å². The Labute approximate surface area is 131 Å². The van der Waals surface area contributed by atoms with E-state index in [1.165, 1.54) is 16.7 Å². The molecular formula is C19H21NO2. The molecule has 114 valence electrons. The van der Waals surface area contributed by atoms with E-state index in [0.29, 0.717) is 12.6 Å². The predicted molar refractivity (Wildman–Crippen MR) is 87.5 cm³/mol. The van der Waals surface area contributed by atoms with E-state index in [1.54, 1.807) is 6.92 Å². The minimum absolute atomic E-state index is 0.429. The molecule has 1 N–H and O–H groups in total. The van der Waals surface area contributed by atoms with Crippen molar-refractivity contribution in [3.8, 4) is 11.1 Å². The van der Waals surface area contributed by atoms with E-state index >= 15 is 0 Å². The Hall–Kier alpha value is -2.13. The van der Waals surface area contributed by atoms with Gasteiger partial charge in [0.15, 0.2) is 0 Å². The molecule has 0 aromatic heterocycles. The van der Waals surface area contributed by atoms with E-state index in [0.717, 1.165) is 12.8 Å². The molecule has 3 nitrogen and oxygen atoms in total. The average Bonchev–Trinajstić information content (AvgIpc) is 3.38. The number of carbonyl (C=O) groups is 1. The lowest BCUT2D eigenvalue weighted by Gasteiger charge is -2.26. The largest absolute Gasteiger partial charge is 0.480 e. The van der Waals surface area contributed by atoms with Crippen LogP contribution < -0.4 is 0 Å². The standard InChI is InChI=1S/C19H21NO2/c1-14(19(21)22)20(18-11-12-18)13-15-7-9-17(10-8-15)16-5-3-2-4-6-16/h2-10,14,18H,11-13H2,1H3,(H,21,22). The molecule has 0 bridgehead atoms. The van der Waals surface area contributed by atoms with Crippen molar-refractivity contribution in [2.75, 3.05) is 0 Å². The average molecular weight is 295 g/mol. The number of rotatable bonds is 6. The molecule has 0 aliphatic heterocycles. The van der Waals surface area contributed by atoms with Crippen molar-refractivity contribution in [1.82, 2.24) is 4.90 Å². The van der Waals surface area contributed by atoms with E-state index in [-0.39, 0.29) is 0 Å². The Balaban J connectivity index is 1.74. The number of carboxylic acid groups (broad SMARTS) is 1. The number of nitrogens with zero attached hydrogens (tertiary/aromatic N) is 1. The summed E-state index contributed by atoms with van der Waals surface area (Å²) in [6.45, 7) is 2.48. The van der Waals surface area contributed by atoms with E-state index in [9.17, 15) is 9.90 Å². The first-order valence-corrected chi connectivity index (χ1v) is 7.78. The van der Waals surface area contributed by atoms with Gasteiger partial charge in [-0.15, -0.1) is 0 Å². The topological polar surface area (TPSA) is 40.5 Å². The zero-order chi connectivity index (χ0) is 15.5. The zero-order valence-corrected chi connectivity index (χ0v) is 12.8. The maximum absolute atomic E-state index is 11.3. The van der Waals surface area contributed by atoms with Crippen molar-refractivity contribution in [2.24, 2.45) is 0 Å². The van der Waals surface area contributed by atoms with Crippen LogP contribution in [0.3, 0.4) is 0 Å². The van der Waals surface area contributed by atoms with Crippen molar-refractivity contribution in [1.29, 1.82) is 0 Å². The van der Waals surface area contributed by atoms with Crippen LogP contribution in [0.25, 0.3) is 11.1 Å². The van der Waals surface area contributed by atoms with Crippen LogP contribution in [0.2, 0.25) is 0 Å². The molecule has 2 aromatic rings. The molecule has 0 spiro atoms. The van der Waals surface area contributed by atoms with E-state index in [4.69, 9.17) is 0 Å². The van der Waals surface area contributed by atoms with E-state index < -0.39 is 12.0 Å². The minimum Gasteiger partial charge on any atom is -0.480 e. The molecule has 1 fully saturated rings. The molecule has 0 amide bonds. The van der Waals surface area contributed by atoms with Crippen LogP contribution in [0.15, 0.2) is 54.6 Å². The Morgan fingerprint density at radius 3 is 2.23 bits per heavy atom. The number of hydrogen-bond donors (Lipinski definition) is 1. The maximum atomic E-state index is 11.3. The molecule has 3 rings (SSSR count). The Morgan fingerprint density at radius 1 is 1.09 bits per heavy atom. The van der Waals surface area contributed by atoms with Crippen LogP contribution in [-0.2, 0) is 11.3 Å². The highest BCUT2D eigenvalue weighted by atomic mass is 16.4. The lowest BCUT2D eigenvalue weighted by atomic mass is 10.0. The van der Waals surface area contributed by atoms with Gasteiger partial charge in [0.1, 0.15) is 6.04 Å². The molecular weight excluding hydrogens is 274 g/mol. The smallest absolute Gasteiger partial charge is 0.320 e. The van der Waals surface area contributed by atoms with Crippen LogP contribution >= 0.6 is 0 Å². The normalized spacial score (nSPS) is 15.7. The van der Waals surface area contributed by atoms with Gasteiger partial charge in [-0.3, -0.25) is 9.69 Å². The van der Waals surface area contributed by atoms with E-state index in [1.807, 2.05) is 18.2 Å². The fraction of sp³-hybridized carbons (Fsp3) is 0.316. The second-order valence-corrected chi connectivity index (χ2v) is 5.98. The second-order valence-electron chi connectivity index (χ2n) is 5.98. The summed E-state index contributed by atoms with van der Waals surface area (Å²) in [6.07, 6.45) is 2.22. The Morgan fingerprint density at radius 2 is 1.68 bits per heavy atom. The quantitative estimate of drug-likeness (QED) is 0.881. The van der Waals surface area contributed by atoms with Crippen molar-refractivity contribution >= 4 is 5.97 Å². The molecule has 1 saturated carbocycles. The van der Waals surface area contributed by atoms with Crippen molar-refractivity contribution in [2.45, 2.75) is 38.4 Å². The van der Waals surface area contributed by atoms with Gasteiger partial charge in [0.05, 0.1) is 0 Å². The Bertz CT molecular complexity index is 632. The van der Waals surface area contributed by atoms with Crippen molar-refractivity contribution in [3.63, 3.8) is 0 Å². The summed E-state index contributed by atoms with van der Waals surface area (Å²) in [4.78, 5) is 13.4. The van der Waals surface area contributed by atoms with Crippen LogP contribution in [0.5, 0.6) is 0 Å². The minimum atomic E-state index is -0.743. The highest BCUT2D eigenvalue weighted by Crippen LogP contribution is 2.30. The third kappa shape index (κ3) is 3.37. The van der Waals surface area contributed by atoms with Gasteiger partial charge in [0, 0.05) is 12.6 Å². The monoisotopic (exact) mass is 295 g/mol. The lowest BCUT2D eigenvalue weighted by molar-refractivity contribution is -0.143. The number of hydrogen-bond acceptors (Lipinski definition) is 2. The third-order valence-electron chi connectivity index (χ3n) is 4.30. The van der Waals surface area contributed by atoms with Gasteiger partial charge in [0.2, 0.25) is 0 Å². The fourth-order valence-electron chi connectivity index (χ4n) is 2.77. The molecule has 0 saturated heterocycles. The molecule has 1 aliphatic carbocycles. The summed E-state index contributed by atoms with van der Waals surface area (Å²) < 4.78 is 0. The first-order chi connectivity index (χ1) is 10.6. The summed E-state index contributed by atoms with van der Waals surface area (Å²) in [5.74, 6) is -0.743. The summed E-state index contributed by atoms with van der Waals surface area (Å²) in [6, 6.07) is 18.7. The highest BCUT2D eigenvalue weighted by Gasteiger charge is 2.34. The van der Waals surface area contributed by atoms with Crippen LogP contribution in [0, 0.1) is 0 Å². The second kappa shape index (κ2) is 6.32. The van der Waals surface area contributed by atoms with Gasteiger partial charge in [-0.25, -0.2) is 0 Å². The molecule has 1 unspecified atom stereocenters. The molecule has 3 heteroatoms. The maximum Gasteiger partial charge on any atom is 0.320 e. The van der Waals surface area contributed by atoms with Gasteiger partial charge < -0.3 is 5.11 Å². The first kappa shape index (κ1) is 14.8. The third-order valence-corrected chi connectivity index (χ3v) is 4.30. The number of aliphatic carboxylic acids is 1. The number of benzene rings is 2. The summed E-state index contributed by atoms with van der Waals surface area (Å²) in [5, 5.41) is 9.26. The molecule has 0 radical (unpaired) electrons. The predicted octanol–water partition coefficient (Wildman–Crippen LogP) is 3.79. The SMILES string of the molecule is CC(C(=O)O)N(Cc1ccc(-c2ccccc2)cc1)C1CC1. The zero-order valence-electron chi connectivity index (χ0n) is 12.8. The van der Waals surface area contributed by atoms with Crippen LogP contribution in [0.1, 0.15) is 25.3 Å². The fourth-order valence-corrected chi connectivity index (χ4v) is 2.77. The summed E-state index contributed by atoms with van der Waals surface area (Å²) in [7, 11) is 0. The van der Waals surface area contributed by atoms with Gasteiger partial charge in [-0.05, 0) is 36.5 Å². The molecule has 2 aromatic carbocycles. The summed E-state index contributed by atoms with van der Waals surface area (Å²) in [5.41, 5.74) is 3.56. The Kier molecular flexibility index (Phi) is 4.25. The van der Waals surface area contributed by atoms with Gasteiger partial charge in [-0.1, -0.05) is 54.6 Å². The van der Waals surface area contributed by atoms with Gasteiger partial charge in [-0.2, -0.15) is 0 Å². The van der Waals surface area contributed by atoms with E-state index in [2.05, 4.69) is 41.3 Å². The van der Waals surface area contributed by atoms with Crippen molar-refractivity contribution < 1.29 is 9.90 Å². The molecule has 22 heavy (non-hydrogen) atoms. The van der Waals surface area contributed by atoms with Gasteiger partial charge in [0.25, 0.3) is 0 Å². The highest BCUT2D eigenvalue weighted by molar-refractivity contribution is 5.73. The van der Waals surface area contributed by atoms with Crippen molar-refractivity contribution in [3.05, 3.63) is 60.2 Å². The molecule has 1 atom stereocenters. The molecule has 1 aliphatic rings. The van der Waals surface area contributed by atoms with Gasteiger partial charge >= 0.3 is 5.97 Å². The summed E-state index contributed by atoms with van der Waals surface area (Å²) >= 11 is 0. The number of carboxylic acids is 1.